The molecule has 17 heavy (non-hydrogen) atoms. The Morgan fingerprint density at radius 2 is 2.24 bits per heavy atom. The molecule has 4 N–H and O–H groups in total. The molecular formula is C11H17N5O. The van der Waals surface area contributed by atoms with Crippen molar-refractivity contribution in [3.8, 4) is 0 Å². The van der Waals surface area contributed by atoms with Crippen molar-refractivity contribution in [2.24, 2.45) is 11.8 Å². The molecule has 0 saturated heterocycles. The van der Waals surface area contributed by atoms with Gasteiger partial charge in [0, 0.05) is 6.54 Å². The fourth-order valence-corrected chi connectivity index (χ4v) is 1.62. The van der Waals surface area contributed by atoms with Crippen molar-refractivity contribution in [1.29, 1.82) is 0 Å². The molecule has 6 heteroatoms. The number of rotatable bonds is 6. The Hall–Kier alpha value is -1.69. The Bertz CT molecular complexity index is 374. The monoisotopic (exact) mass is 235 g/mol. The van der Waals surface area contributed by atoms with Gasteiger partial charge in [-0.05, 0) is 30.9 Å². The van der Waals surface area contributed by atoms with Gasteiger partial charge in [0.1, 0.15) is 0 Å². The maximum atomic E-state index is 11.6. The van der Waals surface area contributed by atoms with Gasteiger partial charge < -0.3 is 10.7 Å². The molecule has 1 heterocycles. The molecule has 0 spiro atoms. The minimum Gasteiger partial charge on any atom is -0.351 e. The van der Waals surface area contributed by atoms with Gasteiger partial charge in [0.05, 0.1) is 0 Å². The Morgan fingerprint density at radius 3 is 2.82 bits per heavy atom. The summed E-state index contributed by atoms with van der Waals surface area (Å²) in [7, 11) is 0. The first-order chi connectivity index (χ1) is 8.29. The van der Waals surface area contributed by atoms with E-state index in [0.717, 1.165) is 12.3 Å². The van der Waals surface area contributed by atoms with Crippen LogP contribution < -0.4 is 16.6 Å². The lowest BCUT2D eigenvalue weighted by Gasteiger charge is -2.04. The first kappa shape index (κ1) is 11.8. The Morgan fingerprint density at radius 1 is 1.41 bits per heavy atom. The molecule has 0 radical (unpaired) electrons. The normalized spacial score (nSPS) is 14.4. The van der Waals surface area contributed by atoms with Crippen LogP contribution in [0, 0.1) is 5.92 Å². The number of nitrogen functional groups attached to an aromatic ring is 1. The van der Waals surface area contributed by atoms with Crippen molar-refractivity contribution in [2.75, 3.05) is 12.0 Å². The number of amides is 1. The number of hydrazine groups is 1. The number of hydrogen-bond donors (Lipinski definition) is 3. The molecule has 2 rings (SSSR count). The van der Waals surface area contributed by atoms with Gasteiger partial charge in [0.2, 0.25) is 0 Å². The van der Waals surface area contributed by atoms with E-state index in [-0.39, 0.29) is 5.91 Å². The third kappa shape index (κ3) is 3.67. The van der Waals surface area contributed by atoms with E-state index in [1.54, 1.807) is 12.1 Å². The summed E-state index contributed by atoms with van der Waals surface area (Å²) in [6, 6.07) is 3.21. The number of nitrogens with one attached hydrogen (secondary N) is 2. The average Bonchev–Trinajstić information content (AvgIpc) is 3.18. The van der Waals surface area contributed by atoms with E-state index in [0.29, 0.717) is 18.1 Å². The summed E-state index contributed by atoms with van der Waals surface area (Å²) in [5.74, 6) is 6.32. The van der Waals surface area contributed by atoms with Crippen molar-refractivity contribution >= 4 is 11.7 Å². The van der Waals surface area contributed by atoms with E-state index in [9.17, 15) is 4.79 Å². The average molecular weight is 235 g/mol. The highest BCUT2D eigenvalue weighted by atomic mass is 16.1. The zero-order valence-corrected chi connectivity index (χ0v) is 9.65. The van der Waals surface area contributed by atoms with Crippen molar-refractivity contribution in [3.63, 3.8) is 0 Å². The second kappa shape index (κ2) is 5.58. The van der Waals surface area contributed by atoms with E-state index in [2.05, 4.69) is 20.9 Å². The molecule has 1 aliphatic rings. The SMILES string of the molecule is NNc1ccc(C(=O)NCCCC2CC2)nn1. The third-order valence-electron chi connectivity index (χ3n) is 2.82. The lowest BCUT2D eigenvalue weighted by molar-refractivity contribution is 0.0947. The van der Waals surface area contributed by atoms with Gasteiger partial charge in [0.15, 0.2) is 11.5 Å². The molecule has 6 nitrogen and oxygen atoms in total. The van der Waals surface area contributed by atoms with E-state index in [1.165, 1.54) is 19.3 Å². The molecular weight excluding hydrogens is 218 g/mol. The second-order valence-electron chi connectivity index (χ2n) is 4.29. The van der Waals surface area contributed by atoms with Gasteiger partial charge in [-0.15, -0.1) is 10.2 Å². The molecule has 1 aromatic rings. The standard InChI is InChI=1S/C11H17N5O/c12-14-10-6-5-9(15-16-10)11(17)13-7-1-2-8-3-4-8/h5-6,8H,1-4,7,12H2,(H,13,17)(H,14,16). The van der Waals surface area contributed by atoms with Crippen LogP contribution in [0.5, 0.6) is 0 Å². The lowest BCUT2D eigenvalue weighted by Crippen LogP contribution is -2.26. The van der Waals surface area contributed by atoms with Crippen LogP contribution in [-0.4, -0.2) is 22.6 Å². The van der Waals surface area contributed by atoms with E-state index < -0.39 is 0 Å². The van der Waals surface area contributed by atoms with Gasteiger partial charge >= 0.3 is 0 Å². The summed E-state index contributed by atoms with van der Waals surface area (Å²) in [5.41, 5.74) is 2.67. The van der Waals surface area contributed by atoms with E-state index in [4.69, 9.17) is 5.84 Å². The molecule has 0 aliphatic heterocycles. The summed E-state index contributed by atoms with van der Waals surface area (Å²) in [6.07, 6.45) is 4.95. The molecule has 0 aromatic carbocycles. The predicted molar refractivity (Wildman–Crippen MR) is 64.1 cm³/mol. The van der Waals surface area contributed by atoms with Gasteiger partial charge in [-0.1, -0.05) is 12.8 Å². The molecule has 0 unspecified atom stereocenters. The van der Waals surface area contributed by atoms with Gasteiger partial charge in [-0.2, -0.15) is 0 Å². The molecule has 0 atom stereocenters. The van der Waals surface area contributed by atoms with Crippen molar-refractivity contribution in [3.05, 3.63) is 17.8 Å². The minimum atomic E-state index is -0.183. The first-order valence-electron chi connectivity index (χ1n) is 5.88. The summed E-state index contributed by atoms with van der Waals surface area (Å²) >= 11 is 0. The van der Waals surface area contributed by atoms with Crippen LogP contribution in [0.2, 0.25) is 0 Å². The summed E-state index contributed by atoms with van der Waals surface area (Å²) in [5, 5.41) is 10.3. The number of nitrogens with zero attached hydrogens (tertiary/aromatic N) is 2. The summed E-state index contributed by atoms with van der Waals surface area (Å²) in [4.78, 5) is 11.6. The highest BCUT2D eigenvalue weighted by Crippen LogP contribution is 2.33. The van der Waals surface area contributed by atoms with Crippen LogP contribution in [-0.2, 0) is 0 Å². The lowest BCUT2D eigenvalue weighted by atomic mass is 10.2. The molecule has 1 amide bonds. The fourth-order valence-electron chi connectivity index (χ4n) is 1.62. The Balaban J connectivity index is 1.73. The molecule has 0 bridgehead atoms. The molecule has 92 valence electrons. The molecule has 1 aliphatic carbocycles. The van der Waals surface area contributed by atoms with Gasteiger partial charge in [0.25, 0.3) is 5.91 Å². The highest BCUT2D eigenvalue weighted by molar-refractivity contribution is 5.92. The number of nitrogens with two attached hydrogens (primary N) is 1. The van der Waals surface area contributed by atoms with Crippen LogP contribution in [0.15, 0.2) is 12.1 Å². The quantitative estimate of drug-likeness (QED) is 0.383. The largest absolute Gasteiger partial charge is 0.351 e. The van der Waals surface area contributed by atoms with Gasteiger partial charge in [-0.25, -0.2) is 5.84 Å². The number of aromatic nitrogens is 2. The van der Waals surface area contributed by atoms with Crippen LogP contribution in [0.4, 0.5) is 5.82 Å². The van der Waals surface area contributed by atoms with Crippen LogP contribution in [0.1, 0.15) is 36.2 Å². The zero-order chi connectivity index (χ0) is 12.1. The second-order valence-corrected chi connectivity index (χ2v) is 4.29. The van der Waals surface area contributed by atoms with Crippen molar-refractivity contribution < 1.29 is 4.79 Å². The summed E-state index contributed by atoms with van der Waals surface area (Å²) in [6.45, 7) is 0.702. The number of carbonyl (C=O) groups excluding carboxylic acids is 1. The van der Waals surface area contributed by atoms with Crippen LogP contribution >= 0.6 is 0 Å². The van der Waals surface area contributed by atoms with Crippen LogP contribution in [0.3, 0.4) is 0 Å². The number of anilines is 1. The number of hydrogen-bond acceptors (Lipinski definition) is 5. The maximum Gasteiger partial charge on any atom is 0.271 e. The smallest absolute Gasteiger partial charge is 0.271 e. The Labute approximate surface area is 100.0 Å². The van der Waals surface area contributed by atoms with Crippen molar-refractivity contribution in [1.82, 2.24) is 15.5 Å². The molecule has 1 aromatic heterocycles. The highest BCUT2D eigenvalue weighted by Gasteiger charge is 2.20. The van der Waals surface area contributed by atoms with E-state index in [1.807, 2.05) is 0 Å². The maximum absolute atomic E-state index is 11.6. The third-order valence-corrected chi connectivity index (χ3v) is 2.82. The van der Waals surface area contributed by atoms with Crippen molar-refractivity contribution in [2.45, 2.75) is 25.7 Å². The summed E-state index contributed by atoms with van der Waals surface area (Å²) < 4.78 is 0. The first-order valence-corrected chi connectivity index (χ1v) is 5.88. The molecule has 1 fully saturated rings. The zero-order valence-electron chi connectivity index (χ0n) is 9.65. The fraction of sp³-hybridized carbons (Fsp3) is 0.545. The van der Waals surface area contributed by atoms with Crippen LogP contribution in [0.25, 0.3) is 0 Å². The van der Waals surface area contributed by atoms with Gasteiger partial charge in [-0.3, -0.25) is 4.79 Å². The minimum absolute atomic E-state index is 0.183. The Kier molecular flexibility index (Phi) is 3.87. The van der Waals surface area contributed by atoms with E-state index >= 15 is 0 Å². The number of carbonyl (C=O) groups is 1. The predicted octanol–water partition coefficient (Wildman–Crippen LogP) is 0.682. The topological polar surface area (TPSA) is 92.9 Å². The molecule has 1 saturated carbocycles.